The van der Waals surface area contributed by atoms with E-state index in [0.717, 1.165) is 5.39 Å². The number of nitrogens with one attached hydrogen (secondary N) is 1. The molecule has 4 rings (SSSR count). The lowest BCUT2D eigenvalue weighted by atomic mass is 9.80. The molecule has 5 N–H and O–H groups in total. The van der Waals surface area contributed by atoms with E-state index in [1.165, 1.54) is 30.2 Å². The average molecular weight is 389 g/mol. The number of hydrogen-bond acceptors (Lipinski definition) is 8. The zero-order valence-corrected chi connectivity index (χ0v) is 15.3. The van der Waals surface area contributed by atoms with Crippen molar-refractivity contribution in [3.05, 3.63) is 49.1 Å². The fourth-order valence-electron chi connectivity index (χ4n) is 2.97. The third-order valence-electron chi connectivity index (χ3n) is 4.29. The topological polar surface area (TPSA) is 152 Å². The van der Waals surface area contributed by atoms with Gasteiger partial charge in [-0.1, -0.05) is 6.07 Å². The summed E-state index contributed by atoms with van der Waals surface area (Å²) in [5.74, 6) is 0.212. The first-order chi connectivity index (χ1) is 13.9. The van der Waals surface area contributed by atoms with E-state index in [2.05, 4.69) is 25.6 Å². The monoisotopic (exact) mass is 389 g/mol. The van der Waals surface area contributed by atoms with Crippen molar-refractivity contribution in [3.63, 3.8) is 0 Å². The fraction of sp³-hybridized carbons (Fsp3) is 0.0556. The fourth-order valence-corrected chi connectivity index (χ4v) is 2.97. The van der Waals surface area contributed by atoms with Crippen molar-refractivity contribution < 1.29 is 14.8 Å². The summed E-state index contributed by atoms with van der Waals surface area (Å²) in [5.41, 5.74) is 9.05. The van der Waals surface area contributed by atoms with Gasteiger partial charge in [-0.25, -0.2) is 9.67 Å². The van der Waals surface area contributed by atoms with Crippen LogP contribution in [0.25, 0.3) is 27.8 Å². The van der Waals surface area contributed by atoms with Crippen LogP contribution in [-0.4, -0.2) is 48.0 Å². The zero-order chi connectivity index (χ0) is 20.5. The highest BCUT2D eigenvalue weighted by Crippen LogP contribution is 2.29. The van der Waals surface area contributed by atoms with E-state index in [0.29, 0.717) is 33.8 Å². The van der Waals surface area contributed by atoms with E-state index in [1.807, 2.05) is 12.1 Å². The number of nitrogen functional groups attached to an aromatic ring is 1. The lowest BCUT2D eigenvalue weighted by molar-refractivity contribution is -0.114. The van der Waals surface area contributed by atoms with Gasteiger partial charge in [-0.2, -0.15) is 15.3 Å². The molecule has 1 amide bonds. The minimum absolute atomic E-state index is 0.219. The van der Waals surface area contributed by atoms with Crippen LogP contribution in [-0.2, 0) is 4.79 Å². The Morgan fingerprint density at radius 1 is 1.21 bits per heavy atom. The molecule has 0 bridgehead atoms. The second-order valence-corrected chi connectivity index (χ2v) is 6.40. The number of hydrogen-bond donors (Lipinski definition) is 4. The SMILES string of the molecule is CC(=O)Nc1cnn(-c2ncc(B(O)O)cc2-c2ccc3c(N)cnnc3c2)c1. The second kappa shape index (κ2) is 7.30. The quantitative estimate of drug-likeness (QED) is 0.359. The van der Waals surface area contributed by atoms with E-state index in [9.17, 15) is 14.8 Å². The first-order valence-electron chi connectivity index (χ1n) is 8.62. The second-order valence-electron chi connectivity index (χ2n) is 6.40. The molecule has 4 aromatic rings. The number of aromatic nitrogens is 5. The molecule has 10 nitrogen and oxygen atoms in total. The minimum atomic E-state index is -1.68. The maximum absolute atomic E-state index is 11.3. The van der Waals surface area contributed by atoms with Gasteiger partial charge in [0.05, 0.1) is 35.5 Å². The van der Waals surface area contributed by atoms with Crippen molar-refractivity contribution in [2.45, 2.75) is 6.92 Å². The smallest absolute Gasteiger partial charge is 0.423 e. The largest absolute Gasteiger partial charge is 0.490 e. The summed E-state index contributed by atoms with van der Waals surface area (Å²) in [6.07, 6.45) is 5.93. The van der Waals surface area contributed by atoms with Crippen LogP contribution in [0.2, 0.25) is 0 Å². The number of nitrogens with two attached hydrogens (primary N) is 1. The molecule has 0 radical (unpaired) electrons. The predicted molar refractivity (Wildman–Crippen MR) is 108 cm³/mol. The summed E-state index contributed by atoms with van der Waals surface area (Å²) in [6.45, 7) is 1.40. The standard InChI is InChI=1S/C18H16BN7O3/c1-10(27)24-13-7-23-26(9-13)18-15(5-12(6-21-18)19(28)29)11-2-3-14-16(20)8-22-25-17(14)4-11/h2-9,28-29H,1H3,(H2,20,25)(H,24,27). The highest BCUT2D eigenvalue weighted by atomic mass is 16.4. The molecule has 144 valence electrons. The average Bonchev–Trinajstić information content (AvgIpc) is 3.15. The number of carbonyl (C=O) groups is 1. The molecule has 0 aliphatic carbocycles. The third-order valence-corrected chi connectivity index (χ3v) is 4.29. The first-order valence-corrected chi connectivity index (χ1v) is 8.62. The van der Waals surface area contributed by atoms with Crippen molar-refractivity contribution in [1.82, 2.24) is 25.0 Å². The summed E-state index contributed by atoms with van der Waals surface area (Å²) in [7, 11) is -1.68. The summed E-state index contributed by atoms with van der Waals surface area (Å²) in [4.78, 5) is 15.6. The molecule has 0 unspecified atom stereocenters. The Morgan fingerprint density at radius 3 is 2.79 bits per heavy atom. The van der Waals surface area contributed by atoms with Gasteiger partial charge < -0.3 is 21.1 Å². The number of pyridine rings is 1. The first kappa shape index (κ1) is 18.5. The van der Waals surface area contributed by atoms with Crippen LogP contribution >= 0.6 is 0 Å². The molecule has 29 heavy (non-hydrogen) atoms. The number of nitrogens with zero attached hydrogens (tertiary/aromatic N) is 5. The van der Waals surface area contributed by atoms with Gasteiger partial charge in [0.25, 0.3) is 0 Å². The van der Waals surface area contributed by atoms with Crippen LogP contribution in [0, 0.1) is 0 Å². The van der Waals surface area contributed by atoms with Crippen LogP contribution in [0.5, 0.6) is 0 Å². The predicted octanol–water partition coefficient (Wildman–Crippen LogP) is 0.0979. The molecule has 0 aliphatic heterocycles. The number of rotatable bonds is 4. The van der Waals surface area contributed by atoms with Gasteiger partial charge in [-0.15, -0.1) is 0 Å². The van der Waals surface area contributed by atoms with Gasteiger partial charge in [0, 0.05) is 29.5 Å². The highest BCUT2D eigenvalue weighted by molar-refractivity contribution is 6.58. The maximum atomic E-state index is 11.3. The Balaban J connectivity index is 1.88. The summed E-state index contributed by atoms with van der Waals surface area (Å²) in [5, 5.41) is 34.8. The lowest BCUT2D eigenvalue weighted by Crippen LogP contribution is -2.30. The molecule has 11 heteroatoms. The van der Waals surface area contributed by atoms with Crippen LogP contribution in [0.3, 0.4) is 0 Å². The van der Waals surface area contributed by atoms with E-state index in [1.54, 1.807) is 18.3 Å². The van der Waals surface area contributed by atoms with E-state index < -0.39 is 7.12 Å². The van der Waals surface area contributed by atoms with Crippen molar-refractivity contribution in [3.8, 4) is 16.9 Å². The summed E-state index contributed by atoms with van der Waals surface area (Å²) < 4.78 is 1.49. The molecule has 0 fully saturated rings. The number of benzene rings is 1. The Labute approximate surface area is 165 Å². The molecule has 3 aromatic heterocycles. The normalized spacial score (nSPS) is 10.9. The molecule has 0 saturated carbocycles. The lowest BCUT2D eigenvalue weighted by Gasteiger charge is -2.12. The number of amides is 1. The van der Waals surface area contributed by atoms with Gasteiger partial charge >= 0.3 is 7.12 Å². The van der Waals surface area contributed by atoms with Gasteiger partial charge in [0.2, 0.25) is 5.91 Å². The van der Waals surface area contributed by atoms with E-state index in [-0.39, 0.29) is 11.4 Å². The molecule has 0 saturated heterocycles. The number of fused-ring (bicyclic) bond motifs is 1. The summed E-state index contributed by atoms with van der Waals surface area (Å²) >= 11 is 0. The minimum Gasteiger partial charge on any atom is -0.423 e. The molecule has 1 aromatic carbocycles. The van der Waals surface area contributed by atoms with Crippen LogP contribution in [0.4, 0.5) is 11.4 Å². The van der Waals surface area contributed by atoms with Crippen molar-refractivity contribution >= 4 is 40.8 Å². The van der Waals surface area contributed by atoms with Gasteiger partial charge in [-0.3, -0.25) is 4.79 Å². The molecule has 0 spiro atoms. The molecular formula is C18H16BN7O3. The van der Waals surface area contributed by atoms with Gasteiger partial charge in [0.15, 0.2) is 5.82 Å². The summed E-state index contributed by atoms with van der Waals surface area (Å²) in [6, 6.07) is 7.03. The Kier molecular flexibility index (Phi) is 4.67. The number of carbonyl (C=O) groups excluding carboxylic acids is 1. The Hall–Kier alpha value is -3.83. The van der Waals surface area contributed by atoms with Gasteiger partial charge in [0.1, 0.15) is 0 Å². The number of anilines is 2. The maximum Gasteiger partial charge on any atom is 0.490 e. The van der Waals surface area contributed by atoms with Crippen LogP contribution in [0.15, 0.2) is 49.1 Å². The molecule has 0 atom stereocenters. The van der Waals surface area contributed by atoms with Crippen LogP contribution < -0.4 is 16.5 Å². The van der Waals surface area contributed by atoms with Gasteiger partial charge in [-0.05, 0) is 23.8 Å². The van der Waals surface area contributed by atoms with E-state index in [4.69, 9.17) is 5.73 Å². The van der Waals surface area contributed by atoms with Crippen LogP contribution in [0.1, 0.15) is 6.92 Å². The Morgan fingerprint density at radius 2 is 2.03 bits per heavy atom. The highest BCUT2D eigenvalue weighted by Gasteiger charge is 2.18. The molecular weight excluding hydrogens is 373 g/mol. The van der Waals surface area contributed by atoms with Crippen molar-refractivity contribution in [2.24, 2.45) is 0 Å². The van der Waals surface area contributed by atoms with Crippen molar-refractivity contribution in [2.75, 3.05) is 11.1 Å². The van der Waals surface area contributed by atoms with E-state index >= 15 is 0 Å². The molecule has 3 heterocycles. The van der Waals surface area contributed by atoms with Crippen molar-refractivity contribution in [1.29, 1.82) is 0 Å². The zero-order valence-electron chi connectivity index (χ0n) is 15.3. The molecule has 0 aliphatic rings. The third kappa shape index (κ3) is 3.64. The Bertz CT molecular complexity index is 1230.